The molecular weight excluding hydrogens is 513 g/mol. The monoisotopic (exact) mass is 533 g/mol. The second-order valence-corrected chi connectivity index (χ2v) is 8.97. The van der Waals surface area contributed by atoms with Gasteiger partial charge in [0.2, 0.25) is 0 Å². The Morgan fingerprint density at radius 1 is 1.05 bits per heavy atom. The van der Waals surface area contributed by atoms with E-state index in [-0.39, 0.29) is 23.4 Å². The second kappa shape index (κ2) is 10.9. The normalized spacial score (nSPS) is 14.2. The molecular formula is C28H21ClFN3O5. The number of hydrogen-bond acceptors (Lipinski definition) is 6. The van der Waals surface area contributed by atoms with E-state index >= 15 is 0 Å². The number of amides is 1. The van der Waals surface area contributed by atoms with Crippen LogP contribution in [-0.4, -0.2) is 33.8 Å². The quantitative estimate of drug-likeness (QED) is 0.288. The molecule has 2 N–H and O–H groups in total. The maximum atomic E-state index is 12.7. The number of ether oxygens (including phenoxy) is 2. The van der Waals surface area contributed by atoms with Gasteiger partial charge in [0.05, 0.1) is 23.2 Å². The highest BCUT2D eigenvalue weighted by Gasteiger charge is 2.29. The summed E-state index contributed by atoms with van der Waals surface area (Å²) in [4.78, 5) is 24.2. The Morgan fingerprint density at radius 2 is 1.82 bits per heavy atom. The molecule has 0 saturated heterocycles. The fraction of sp³-hybridized carbons (Fsp3) is 0.143. The molecule has 5 rings (SSSR count). The molecule has 1 aliphatic rings. The fourth-order valence-electron chi connectivity index (χ4n) is 4.03. The zero-order valence-electron chi connectivity index (χ0n) is 19.9. The summed E-state index contributed by atoms with van der Waals surface area (Å²) in [5, 5.41) is 20.6. The van der Waals surface area contributed by atoms with Crippen LogP contribution in [0.2, 0.25) is 5.02 Å². The van der Waals surface area contributed by atoms with Crippen LogP contribution in [0, 0.1) is 0 Å². The van der Waals surface area contributed by atoms with Crippen molar-refractivity contribution in [1.29, 1.82) is 0 Å². The van der Waals surface area contributed by atoms with Crippen LogP contribution in [0.1, 0.15) is 33.8 Å². The van der Waals surface area contributed by atoms with Crippen molar-refractivity contribution in [3.63, 3.8) is 0 Å². The van der Waals surface area contributed by atoms with Crippen LogP contribution in [0.3, 0.4) is 0 Å². The maximum Gasteiger partial charge on any atom is 0.311 e. The lowest BCUT2D eigenvalue weighted by Gasteiger charge is -2.24. The number of hydrogen-bond donors (Lipinski definition) is 2. The fourth-order valence-corrected chi connectivity index (χ4v) is 4.24. The molecule has 8 nitrogen and oxygen atoms in total. The molecule has 0 spiro atoms. The number of carboxylic acid groups (broad SMARTS) is 1. The van der Waals surface area contributed by atoms with Gasteiger partial charge < -0.3 is 19.9 Å². The first-order chi connectivity index (χ1) is 18.4. The van der Waals surface area contributed by atoms with Crippen molar-refractivity contribution in [3.8, 4) is 28.5 Å². The van der Waals surface area contributed by atoms with Gasteiger partial charge in [0.15, 0.2) is 5.82 Å². The Kier molecular flexibility index (Phi) is 7.19. The first kappa shape index (κ1) is 25.2. The SMILES string of the molecule is O=C(Nc1ccc(-c2ccc(CF)cc2)nn1)c1ccc(Oc2cc3c(cc2Cl)C(C(=O)O)CCO3)cc1. The Morgan fingerprint density at radius 3 is 2.47 bits per heavy atom. The van der Waals surface area contributed by atoms with Gasteiger partial charge in [-0.15, -0.1) is 10.2 Å². The number of carboxylic acids is 1. The summed E-state index contributed by atoms with van der Waals surface area (Å²) in [6, 6.07) is 19.8. The minimum atomic E-state index is -0.931. The van der Waals surface area contributed by atoms with E-state index in [0.717, 1.165) is 5.56 Å². The molecule has 0 fully saturated rings. The molecule has 4 aromatic rings. The molecule has 1 aliphatic heterocycles. The number of benzene rings is 3. The van der Waals surface area contributed by atoms with Gasteiger partial charge in [0, 0.05) is 22.8 Å². The first-order valence-electron chi connectivity index (χ1n) is 11.7. The molecule has 0 bridgehead atoms. The molecule has 1 amide bonds. The van der Waals surface area contributed by atoms with Crippen LogP contribution >= 0.6 is 11.6 Å². The topological polar surface area (TPSA) is 111 Å². The van der Waals surface area contributed by atoms with Gasteiger partial charge in [-0.25, -0.2) is 4.39 Å². The Labute approximate surface area is 222 Å². The minimum absolute atomic E-state index is 0.252. The standard InChI is InChI=1S/C28H21ClFN3O5/c29-22-13-21-20(28(35)36)11-12-37-24(21)14-25(22)38-19-7-5-18(6-8-19)27(34)31-26-10-9-23(32-33-26)17-3-1-16(15-30)2-4-17/h1-10,13-14,20H,11-12,15H2,(H,35,36)(H,31,33,34). The lowest BCUT2D eigenvalue weighted by molar-refractivity contribution is -0.139. The summed E-state index contributed by atoms with van der Waals surface area (Å²) >= 11 is 6.35. The van der Waals surface area contributed by atoms with Crippen molar-refractivity contribution < 1.29 is 28.6 Å². The van der Waals surface area contributed by atoms with Crippen LogP contribution in [0.5, 0.6) is 17.2 Å². The first-order valence-corrected chi connectivity index (χ1v) is 12.1. The zero-order chi connectivity index (χ0) is 26.6. The molecule has 1 atom stereocenters. The number of nitrogens with one attached hydrogen (secondary N) is 1. The number of alkyl halides is 1. The summed E-state index contributed by atoms with van der Waals surface area (Å²) in [6.07, 6.45) is 0.369. The Bertz CT molecular complexity index is 1480. The molecule has 2 heterocycles. The molecule has 38 heavy (non-hydrogen) atoms. The highest BCUT2D eigenvalue weighted by atomic mass is 35.5. The molecule has 10 heteroatoms. The number of nitrogens with zero attached hydrogens (tertiary/aromatic N) is 2. The molecule has 0 aliphatic carbocycles. The molecule has 192 valence electrons. The van der Waals surface area contributed by atoms with Crippen molar-refractivity contribution in [1.82, 2.24) is 10.2 Å². The van der Waals surface area contributed by atoms with Crippen LogP contribution in [0.25, 0.3) is 11.3 Å². The Hall–Kier alpha value is -4.50. The number of aromatic nitrogens is 2. The Balaban J connectivity index is 1.24. The van der Waals surface area contributed by atoms with Crippen LogP contribution in [0.15, 0.2) is 72.8 Å². The summed E-state index contributed by atoms with van der Waals surface area (Å²) in [6.45, 7) is -0.245. The number of halogens is 2. The predicted octanol–water partition coefficient (Wildman–Crippen LogP) is 6.26. The van der Waals surface area contributed by atoms with E-state index in [1.807, 2.05) is 0 Å². The summed E-state index contributed by atoms with van der Waals surface area (Å²) < 4.78 is 24.2. The third-order valence-electron chi connectivity index (χ3n) is 6.06. The summed E-state index contributed by atoms with van der Waals surface area (Å²) in [7, 11) is 0. The van der Waals surface area contributed by atoms with Gasteiger partial charge in [-0.2, -0.15) is 0 Å². The minimum Gasteiger partial charge on any atom is -0.493 e. The van der Waals surface area contributed by atoms with E-state index in [1.165, 1.54) is 0 Å². The average Bonchev–Trinajstić information content (AvgIpc) is 2.94. The number of rotatable bonds is 7. The van der Waals surface area contributed by atoms with E-state index in [0.29, 0.717) is 46.1 Å². The van der Waals surface area contributed by atoms with Crippen LogP contribution in [-0.2, 0) is 11.5 Å². The van der Waals surface area contributed by atoms with Crippen molar-refractivity contribution in [3.05, 3.63) is 94.5 Å². The predicted molar refractivity (Wildman–Crippen MR) is 139 cm³/mol. The highest BCUT2D eigenvalue weighted by molar-refractivity contribution is 6.32. The van der Waals surface area contributed by atoms with E-state index < -0.39 is 18.6 Å². The molecule has 0 radical (unpaired) electrons. The van der Waals surface area contributed by atoms with Crippen molar-refractivity contribution >= 4 is 29.3 Å². The third-order valence-corrected chi connectivity index (χ3v) is 6.35. The van der Waals surface area contributed by atoms with Gasteiger partial charge in [-0.1, -0.05) is 35.9 Å². The van der Waals surface area contributed by atoms with Gasteiger partial charge in [-0.05, 0) is 54.4 Å². The van der Waals surface area contributed by atoms with Gasteiger partial charge in [0.1, 0.15) is 23.9 Å². The molecule has 3 aromatic carbocycles. The lowest BCUT2D eigenvalue weighted by atomic mass is 9.93. The van der Waals surface area contributed by atoms with Crippen LogP contribution in [0.4, 0.5) is 10.2 Å². The summed E-state index contributed by atoms with van der Waals surface area (Å²) in [5.74, 6) is -0.563. The maximum absolute atomic E-state index is 12.7. The molecule has 1 aromatic heterocycles. The van der Waals surface area contributed by atoms with Crippen molar-refractivity contribution in [2.24, 2.45) is 0 Å². The number of carbonyl (C=O) groups excluding carboxylic acids is 1. The van der Waals surface area contributed by atoms with Gasteiger partial charge >= 0.3 is 5.97 Å². The van der Waals surface area contributed by atoms with E-state index in [2.05, 4.69) is 15.5 Å². The van der Waals surface area contributed by atoms with Crippen molar-refractivity contribution in [2.45, 2.75) is 19.0 Å². The number of fused-ring (bicyclic) bond motifs is 1. The van der Waals surface area contributed by atoms with Gasteiger partial charge in [0.25, 0.3) is 5.91 Å². The smallest absolute Gasteiger partial charge is 0.311 e. The number of aliphatic carboxylic acids is 1. The third kappa shape index (κ3) is 5.42. The number of anilines is 1. The average molecular weight is 534 g/mol. The van der Waals surface area contributed by atoms with Gasteiger partial charge in [-0.3, -0.25) is 9.59 Å². The largest absolute Gasteiger partial charge is 0.493 e. The van der Waals surface area contributed by atoms with E-state index in [1.54, 1.807) is 72.8 Å². The van der Waals surface area contributed by atoms with Crippen molar-refractivity contribution in [2.75, 3.05) is 11.9 Å². The van der Waals surface area contributed by atoms with Crippen LogP contribution < -0.4 is 14.8 Å². The zero-order valence-corrected chi connectivity index (χ0v) is 20.6. The lowest BCUT2D eigenvalue weighted by Crippen LogP contribution is -2.20. The number of carbonyl (C=O) groups is 2. The second-order valence-electron chi connectivity index (χ2n) is 8.56. The van der Waals surface area contributed by atoms with E-state index in [9.17, 15) is 19.1 Å². The van der Waals surface area contributed by atoms with E-state index in [4.69, 9.17) is 21.1 Å². The highest BCUT2D eigenvalue weighted by Crippen LogP contribution is 2.41. The molecule has 1 unspecified atom stereocenters. The molecule has 0 saturated carbocycles. The summed E-state index contributed by atoms with van der Waals surface area (Å²) in [5.41, 5.74) is 2.85.